The molecule has 2 aliphatic carbocycles. The monoisotopic (exact) mass is 662 g/mol. The van der Waals surface area contributed by atoms with E-state index >= 15 is 0 Å². The molecule has 3 heterocycles. The molecular weight excluding hydrogens is 617 g/mol. The minimum absolute atomic E-state index is 0.00612. The van der Waals surface area contributed by atoms with Gasteiger partial charge >= 0.3 is 0 Å². The van der Waals surface area contributed by atoms with Crippen LogP contribution in [0.5, 0.6) is 11.5 Å². The number of fused-ring (bicyclic) bond motifs is 8. The number of ether oxygens (including phenoxy) is 1. The highest BCUT2D eigenvalue weighted by molar-refractivity contribution is 8.76. The summed E-state index contributed by atoms with van der Waals surface area (Å²) in [6.45, 7) is 2.96. The normalized spacial score (nSPS) is 25.3. The molecule has 46 heavy (non-hydrogen) atoms. The average Bonchev–Trinajstić information content (AvgIpc) is 3.55. The lowest BCUT2D eigenvalue weighted by Crippen LogP contribution is -2.51. The Bertz CT molecular complexity index is 1520. The zero-order valence-electron chi connectivity index (χ0n) is 26.9. The topological polar surface area (TPSA) is 118 Å². The fraction of sp³-hybridized carbons (Fsp3) is 0.528. The predicted molar refractivity (Wildman–Crippen MR) is 188 cm³/mol. The largest absolute Gasteiger partial charge is 0.504 e. The van der Waals surface area contributed by atoms with Crippen LogP contribution >= 0.6 is 21.6 Å². The van der Waals surface area contributed by atoms with E-state index in [1.807, 2.05) is 40.1 Å². The second kappa shape index (κ2) is 14.3. The number of nitrogens with one attached hydrogen (secondary N) is 1. The number of hydrogen-bond acceptors (Lipinski definition) is 10. The van der Waals surface area contributed by atoms with Crippen molar-refractivity contribution in [2.75, 3.05) is 25.3 Å². The fourth-order valence-corrected chi connectivity index (χ4v) is 11.4. The average molecular weight is 663 g/mol. The maximum absolute atomic E-state index is 13.5. The summed E-state index contributed by atoms with van der Waals surface area (Å²) in [6, 6.07) is 5.82. The second-order valence-corrected chi connectivity index (χ2v) is 15.7. The molecule has 4 N–H and O–H groups in total. The number of aromatic nitrogens is 1. The van der Waals surface area contributed by atoms with Gasteiger partial charge in [0.05, 0.1) is 31.0 Å². The third-order valence-corrected chi connectivity index (χ3v) is 13.5. The van der Waals surface area contributed by atoms with Crippen molar-refractivity contribution >= 4 is 45.0 Å². The number of nitrogen functional groups attached to an aromatic ring is 1. The van der Waals surface area contributed by atoms with E-state index < -0.39 is 0 Å². The summed E-state index contributed by atoms with van der Waals surface area (Å²) in [5.41, 5.74) is 11.1. The first-order chi connectivity index (χ1) is 22.3. The SMILES string of the molecule is CC[C@H]1CCC(=O)CC(=O)C2=Cc3cc(OC)c(O)cc3[C@H](CC2)c2cnc(N)c(c2)[C@@H](C2(N3C=CNC3)CCCCC2)SSC1. The molecule has 0 amide bonds. The molecule has 1 saturated carbocycles. The number of hydrogen-bond donors (Lipinski definition) is 3. The van der Waals surface area contributed by atoms with Gasteiger partial charge in [0.2, 0.25) is 0 Å². The van der Waals surface area contributed by atoms with Gasteiger partial charge in [-0.15, -0.1) is 0 Å². The Morgan fingerprint density at radius 1 is 1.13 bits per heavy atom. The van der Waals surface area contributed by atoms with E-state index in [9.17, 15) is 14.7 Å². The van der Waals surface area contributed by atoms with Gasteiger partial charge in [-0.1, -0.05) is 54.2 Å². The summed E-state index contributed by atoms with van der Waals surface area (Å²) in [7, 11) is 5.32. The number of anilines is 1. The highest BCUT2D eigenvalue weighted by atomic mass is 33.1. The van der Waals surface area contributed by atoms with E-state index in [1.54, 1.807) is 12.1 Å². The number of carbonyl (C=O) groups is 2. The second-order valence-electron chi connectivity index (χ2n) is 13.2. The lowest BCUT2D eigenvalue weighted by atomic mass is 9.75. The van der Waals surface area contributed by atoms with E-state index in [0.29, 0.717) is 42.3 Å². The Balaban J connectivity index is 1.50. The van der Waals surface area contributed by atoms with Crippen molar-refractivity contribution < 1.29 is 19.4 Å². The van der Waals surface area contributed by atoms with Crippen molar-refractivity contribution in [1.82, 2.24) is 15.2 Å². The van der Waals surface area contributed by atoms with Gasteiger partial charge in [0, 0.05) is 42.3 Å². The van der Waals surface area contributed by atoms with E-state index in [0.717, 1.165) is 60.4 Å². The van der Waals surface area contributed by atoms with Gasteiger partial charge in [0.1, 0.15) is 11.6 Å². The Hall–Kier alpha value is -3.11. The molecule has 4 aliphatic rings. The summed E-state index contributed by atoms with van der Waals surface area (Å²) < 4.78 is 5.46. The molecule has 0 saturated heterocycles. The molecule has 6 rings (SSSR count). The van der Waals surface area contributed by atoms with Crippen LogP contribution in [-0.4, -0.2) is 51.6 Å². The van der Waals surface area contributed by atoms with E-state index in [2.05, 4.69) is 29.4 Å². The molecule has 0 unspecified atom stereocenters. The number of benzene rings is 1. The highest BCUT2D eigenvalue weighted by Crippen LogP contribution is 2.55. The van der Waals surface area contributed by atoms with E-state index in [1.165, 1.54) is 26.4 Å². The number of carbonyl (C=O) groups excluding carboxylic acids is 2. The number of Topliss-reactive ketones (excluding diaryl/α,β-unsaturated/α-hetero) is 2. The maximum Gasteiger partial charge on any atom is 0.166 e. The highest BCUT2D eigenvalue weighted by Gasteiger charge is 2.47. The smallest absolute Gasteiger partial charge is 0.166 e. The number of nitrogens with zero attached hydrogens (tertiary/aromatic N) is 2. The molecule has 2 aliphatic heterocycles. The number of phenolic OH excluding ortho intramolecular Hbond substituents is 1. The van der Waals surface area contributed by atoms with Crippen LogP contribution in [0.15, 0.2) is 42.4 Å². The first-order valence-corrected chi connectivity index (χ1v) is 19.1. The molecule has 1 fully saturated rings. The maximum atomic E-state index is 13.5. The molecule has 1 aromatic carbocycles. The van der Waals surface area contributed by atoms with Crippen LogP contribution in [-0.2, 0) is 9.59 Å². The van der Waals surface area contributed by atoms with Gasteiger partial charge < -0.3 is 25.8 Å². The predicted octanol–water partition coefficient (Wildman–Crippen LogP) is 7.49. The number of methoxy groups -OCH3 is 1. The number of pyridine rings is 1. The summed E-state index contributed by atoms with van der Waals surface area (Å²) in [4.78, 5) is 34.0. The standard InChI is InChI=1S/C36H46N4O4S2/c1-3-23-7-9-27(41)18-31(42)24-8-10-28(29-19-32(43)33(44-2)17-25(29)15-24)26-16-30(35(37)39-20-26)34(46-45-21-23)36(11-5-4-6-12-36)40-14-13-38-22-40/h13-17,19-20,23,28,34,38,43H,3-12,18,21-22H2,1-2H3,(H2,37,39)/t23-,28+,34-/m0/s1. The van der Waals surface area contributed by atoms with Crippen LogP contribution < -0.4 is 15.8 Å². The summed E-state index contributed by atoms with van der Waals surface area (Å²) in [5.74, 6) is 2.03. The van der Waals surface area contributed by atoms with Crippen molar-refractivity contribution in [3.8, 4) is 11.5 Å². The molecule has 4 bridgehead atoms. The number of allylic oxidation sites excluding steroid dienone is 1. The Morgan fingerprint density at radius 2 is 1.96 bits per heavy atom. The molecule has 0 radical (unpaired) electrons. The van der Waals surface area contributed by atoms with Gasteiger partial charge in [-0.3, -0.25) is 9.59 Å². The van der Waals surface area contributed by atoms with Gasteiger partial charge in [0.25, 0.3) is 0 Å². The van der Waals surface area contributed by atoms with Gasteiger partial charge in [-0.2, -0.15) is 0 Å². The van der Waals surface area contributed by atoms with Crippen LogP contribution in [0.25, 0.3) is 6.08 Å². The Morgan fingerprint density at radius 3 is 2.70 bits per heavy atom. The van der Waals surface area contributed by atoms with Gasteiger partial charge in [-0.05, 0) is 84.6 Å². The molecular formula is C36H46N4O4S2. The number of phenols is 1. The van der Waals surface area contributed by atoms with E-state index in [4.69, 9.17) is 15.5 Å². The molecule has 0 spiro atoms. The number of aromatic hydroxyl groups is 1. The van der Waals surface area contributed by atoms with Crippen LogP contribution in [0.2, 0.25) is 0 Å². The molecule has 8 nitrogen and oxygen atoms in total. The third-order valence-electron chi connectivity index (χ3n) is 10.5. The van der Waals surface area contributed by atoms with Gasteiger partial charge in [0.15, 0.2) is 17.3 Å². The Labute approximate surface area is 280 Å². The molecule has 3 atom stereocenters. The fourth-order valence-electron chi connectivity index (χ4n) is 7.68. The van der Waals surface area contributed by atoms with Crippen molar-refractivity contribution in [1.29, 1.82) is 0 Å². The Kier molecular flexibility index (Phi) is 10.2. The molecule has 1 aromatic heterocycles. The lowest BCUT2D eigenvalue weighted by Gasteiger charge is -2.49. The minimum atomic E-state index is -0.134. The first kappa shape index (κ1) is 32.8. The quantitative estimate of drug-likeness (QED) is 0.224. The molecule has 2 aromatic rings. The first-order valence-electron chi connectivity index (χ1n) is 16.7. The van der Waals surface area contributed by atoms with Crippen molar-refractivity contribution in [3.05, 3.63) is 64.6 Å². The van der Waals surface area contributed by atoms with Crippen LogP contribution in [0.3, 0.4) is 0 Å². The number of nitrogens with two attached hydrogens (primary N) is 1. The van der Waals surface area contributed by atoms with E-state index in [-0.39, 0.29) is 40.4 Å². The van der Waals surface area contributed by atoms with Crippen LogP contribution in [0.4, 0.5) is 5.82 Å². The van der Waals surface area contributed by atoms with Crippen LogP contribution in [0, 0.1) is 5.92 Å². The minimum Gasteiger partial charge on any atom is -0.504 e. The van der Waals surface area contributed by atoms with Crippen molar-refractivity contribution in [2.24, 2.45) is 5.92 Å². The zero-order chi connectivity index (χ0) is 32.3. The van der Waals surface area contributed by atoms with Crippen molar-refractivity contribution in [3.63, 3.8) is 0 Å². The summed E-state index contributed by atoms with van der Waals surface area (Å²) >= 11 is 0. The summed E-state index contributed by atoms with van der Waals surface area (Å²) in [5, 5.41) is 14.4. The van der Waals surface area contributed by atoms with Crippen LogP contribution in [0.1, 0.15) is 111 Å². The zero-order valence-corrected chi connectivity index (χ0v) is 28.6. The summed E-state index contributed by atoms with van der Waals surface area (Å²) in [6.07, 6.45) is 17.0. The lowest BCUT2D eigenvalue weighted by molar-refractivity contribution is -0.125. The number of rotatable bonds is 4. The number of ketones is 2. The van der Waals surface area contributed by atoms with Crippen molar-refractivity contribution in [2.45, 2.75) is 94.3 Å². The third kappa shape index (κ3) is 6.65. The van der Waals surface area contributed by atoms with Gasteiger partial charge in [-0.25, -0.2) is 4.98 Å². The molecule has 10 heteroatoms. The molecule has 246 valence electrons.